The SMILES string of the molecule is CCC1(CC)CN(c2cc(I)ccc2Br)CCN1. The maximum absolute atomic E-state index is 3.71. The Kier molecular flexibility index (Phi) is 4.94. The highest BCUT2D eigenvalue weighted by molar-refractivity contribution is 14.1. The fourth-order valence-electron chi connectivity index (χ4n) is 2.61. The molecule has 1 saturated heterocycles. The predicted molar refractivity (Wildman–Crippen MR) is 90.4 cm³/mol. The fourth-order valence-corrected chi connectivity index (χ4v) is 3.59. The Morgan fingerprint density at radius 3 is 2.78 bits per heavy atom. The molecule has 1 N–H and O–H groups in total. The summed E-state index contributed by atoms with van der Waals surface area (Å²) in [4.78, 5) is 2.51. The van der Waals surface area contributed by atoms with E-state index in [-0.39, 0.29) is 5.54 Å². The smallest absolute Gasteiger partial charge is 0.0522 e. The van der Waals surface area contributed by atoms with Crippen LogP contribution >= 0.6 is 38.5 Å². The van der Waals surface area contributed by atoms with Crippen LogP contribution in [-0.4, -0.2) is 25.2 Å². The van der Waals surface area contributed by atoms with Crippen LogP contribution in [0.4, 0.5) is 5.69 Å². The van der Waals surface area contributed by atoms with Gasteiger partial charge in [0.15, 0.2) is 0 Å². The molecular weight excluding hydrogens is 403 g/mol. The molecule has 1 fully saturated rings. The number of benzene rings is 1. The first-order chi connectivity index (χ1) is 8.60. The van der Waals surface area contributed by atoms with Crippen molar-refractivity contribution in [2.45, 2.75) is 32.2 Å². The molecule has 0 aromatic heterocycles. The van der Waals surface area contributed by atoms with E-state index in [9.17, 15) is 0 Å². The van der Waals surface area contributed by atoms with Crippen LogP contribution < -0.4 is 10.2 Å². The molecule has 0 radical (unpaired) electrons. The van der Waals surface area contributed by atoms with Crippen LogP contribution in [0.15, 0.2) is 22.7 Å². The lowest BCUT2D eigenvalue weighted by molar-refractivity contribution is 0.277. The number of piperazine rings is 1. The highest BCUT2D eigenvalue weighted by atomic mass is 127. The summed E-state index contributed by atoms with van der Waals surface area (Å²) in [5, 5.41) is 3.71. The first-order valence-electron chi connectivity index (χ1n) is 6.55. The summed E-state index contributed by atoms with van der Waals surface area (Å²) >= 11 is 6.06. The van der Waals surface area contributed by atoms with Crippen molar-refractivity contribution in [3.63, 3.8) is 0 Å². The van der Waals surface area contributed by atoms with Gasteiger partial charge in [-0.25, -0.2) is 0 Å². The van der Waals surface area contributed by atoms with Crippen LogP contribution in [-0.2, 0) is 0 Å². The van der Waals surface area contributed by atoms with E-state index in [1.54, 1.807) is 0 Å². The molecule has 2 nitrogen and oxygen atoms in total. The molecule has 1 aliphatic rings. The average molecular weight is 423 g/mol. The second kappa shape index (κ2) is 6.09. The van der Waals surface area contributed by atoms with E-state index in [0.29, 0.717) is 0 Å². The zero-order chi connectivity index (χ0) is 13.2. The highest BCUT2D eigenvalue weighted by Crippen LogP contribution is 2.31. The average Bonchev–Trinajstić information content (AvgIpc) is 2.41. The minimum atomic E-state index is 0.277. The lowest BCUT2D eigenvalue weighted by Crippen LogP contribution is -2.60. The lowest BCUT2D eigenvalue weighted by atomic mass is 9.90. The van der Waals surface area contributed by atoms with Crippen LogP contribution in [0.3, 0.4) is 0 Å². The Bertz CT molecular complexity index is 418. The zero-order valence-electron chi connectivity index (χ0n) is 11.0. The molecule has 0 spiro atoms. The topological polar surface area (TPSA) is 15.3 Å². The normalized spacial score (nSPS) is 19.0. The molecule has 0 unspecified atom stereocenters. The van der Waals surface area contributed by atoms with Crippen LogP contribution in [0.1, 0.15) is 26.7 Å². The number of halogens is 2. The highest BCUT2D eigenvalue weighted by Gasteiger charge is 2.32. The molecule has 4 heteroatoms. The van der Waals surface area contributed by atoms with Gasteiger partial charge in [0.1, 0.15) is 0 Å². The van der Waals surface area contributed by atoms with E-state index in [1.807, 2.05) is 0 Å². The number of nitrogens with zero attached hydrogens (tertiary/aromatic N) is 1. The van der Waals surface area contributed by atoms with Gasteiger partial charge in [-0.05, 0) is 69.6 Å². The Morgan fingerprint density at radius 2 is 2.11 bits per heavy atom. The largest absolute Gasteiger partial charge is 0.367 e. The summed E-state index contributed by atoms with van der Waals surface area (Å²) < 4.78 is 2.49. The van der Waals surface area contributed by atoms with E-state index < -0.39 is 0 Å². The molecule has 0 saturated carbocycles. The van der Waals surface area contributed by atoms with E-state index in [4.69, 9.17) is 0 Å². The van der Waals surface area contributed by atoms with Gasteiger partial charge >= 0.3 is 0 Å². The van der Waals surface area contributed by atoms with Crippen molar-refractivity contribution in [2.75, 3.05) is 24.5 Å². The van der Waals surface area contributed by atoms with E-state index >= 15 is 0 Å². The maximum atomic E-state index is 3.71. The van der Waals surface area contributed by atoms with Gasteiger partial charge in [0, 0.05) is 33.2 Å². The third-order valence-electron chi connectivity index (χ3n) is 3.98. The summed E-state index contributed by atoms with van der Waals surface area (Å²) in [7, 11) is 0. The van der Waals surface area contributed by atoms with E-state index in [0.717, 1.165) is 19.6 Å². The van der Waals surface area contributed by atoms with Crippen molar-refractivity contribution in [3.05, 3.63) is 26.2 Å². The number of nitrogens with one attached hydrogen (secondary N) is 1. The van der Waals surface area contributed by atoms with Crippen molar-refractivity contribution in [3.8, 4) is 0 Å². The molecule has 100 valence electrons. The summed E-state index contributed by atoms with van der Waals surface area (Å²) in [6.45, 7) is 7.81. The van der Waals surface area contributed by atoms with Gasteiger partial charge in [-0.3, -0.25) is 0 Å². The van der Waals surface area contributed by atoms with Crippen molar-refractivity contribution in [1.82, 2.24) is 5.32 Å². The van der Waals surface area contributed by atoms with Crippen LogP contribution in [0.2, 0.25) is 0 Å². The zero-order valence-corrected chi connectivity index (χ0v) is 14.7. The Labute approximate surface area is 132 Å². The standard InChI is InChI=1S/C14H20BrIN2/c1-3-14(4-2)10-18(8-7-17-14)13-9-11(16)5-6-12(13)15/h5-6,9,17H,3-4,7-8,10H2,1-2H3. The number of hydrogen-bond donors (Lipinski definition) is 1. The third-order valence-corrected chi connectivity index (χ3v) is 5.32. The van der Waals surface area contributed by atoms with Crippen molar-refractivity contribution in [1.29, 1.82) is 0 Å². The number of anilines is 1. The van der Waals surface area contributed by atoms with Gasteiger partial charge in [-0.15, -0.1) is 0 Å². The van der Waals surface area contributed by atoms with Crippen LogP contribution in [0, 0.1) is 3.57 Å². The summed E-state index contributed by atoms with van der Waals surface area (Å²) in [6, 6.07) is 6.56. The molecule has 18 heavy (non-hydrogen) atoms. The third kappa shape index (κ3) is 3.02. The molecule has 1 heterocycles. The lowest BCUT2D eigenvalue weighted by Gasteiger charge is -2.44. The molecule has 1 aliphatic heterocycles. The molecule has 0 atom stereocenters. The summed E-state index contributed by atoms with van der Waals surface area (Å²) in [5.74, 6) is 0. The van der Waals surface area contributed by atoms with Crippen molar-refractivity contribution < 1.29 is 0 Å². The second-order valence-electron chi connectivity index (χ2n) is 4.93. The molecule has 0 amide bonds. The van der Waals surface area contributed by atoms with Crippen LogP contribution in [0.5, 0.6) is 0 Å². The predicted octanol–water partition coefficient (Wildman–Crippen LogP) is 4.02. The Hall–Kier alpha value is 0.190. The Morgan fingerprint density at radius 1 is 1.39 bits per heavy atom. The first-order valence-corrected chi connectivity index (χ1v) is 8.42. The van der Waals surface area contributed by atoms with Crippen LogP contribution in [0.25, 0.3) is 0 Å². The van der Waals surface area contributed by atoms with Gasteiger partial charge in [0.05, 0.1) is 5.69 Å². The minimum absolute atomic E-state index is 0.277. The van der Waals surface area contributed by atoms with Gasteiger partial charge in [0.25, 0.3) is 0 Å². The van der Waals surface area contributed by atoms with E-state index in [2.05, 4.69) is 80.8 Å². The maximum Gasteiger partial charge on any atom is 0.0522 e. The quantitative estimate of drug-likeness (QED) is 0.740. The minimum Gasteiger partial charge on any atom is -0.367 e. The number of rotatable bonds is 3. The van der Waals surface area contributed by atoms with Gasteiger partial charge in [-0.2, -0.15) is 0 Å². The molecular formula is C14H20BrIN2. The fraction of sp³-hybridized carbons (Fsp3) is 0.571. The van der Waals surface area contributed by atoms with Gasteiger partial charge in [0.2, 0.25) is 0 Å². The van der Waals surface area contributed by atoms with E-state index in [1.165, 1.54) is 26.6 Å². The molecule has 0 aliphatic carbocycles. The van der Waals surface area contributed by atoms with Crippen molar-refractivity contribution in [2.24, 2.45) is 0 Å². The van der Waals surface area contributed by atoms with Crippen molar-refractivity contribution >= 4 is 44.2 Å². The molecule has 0 bridgehead atoms. The summed E-state index contributed by atoms with van der Waals surface area (Å²) in [5.41, 5.74) is 1.61. The Balaban J connectivity index is 2.25. The molecule has 1 aromatic rings. The van der Waals surface area contributed by atoms with Gasteiger partial charge in [-0.1, -0.05) is 13.8 Å². The second-order valence-corrected chi connectivity index (χ2v) is 7.03. The monoisotopic (exact) mass is 422 g/mol. The number of hydrogen-bond acceptors (Lipinski definition) is 2. The first kappa shape index (κ1) is 14.6. The summed E-state index contributed by atoms with van der Waals surface area (Å²) in [6.07, 6.45) is 2.36. The van der Waals surface area contributed by atoms with Gasteiger partial charge < -0.3 is 10.2 Å². The molecule has 2 rings (SSSR count). The molecule has 1 aromatic carbocycles.